The molecule has 2 heteroatoms. The number of benzene rings is 2. The first-order valence-electron chi connectivity index (χ1n) is 5.90. The van der Waals surface area contributed by atoms with E-state index in [4.69, 9.17) is 11.6 Å². The summed E-state index contributed by atoms with van der Waals surface area (Å²) in [6, 6.07) is 16.7. The van der Waals surface area contributed by atoms with E-state index in [1.165, 1.54) is 16.8 Å². The van der Waals surface area contributed by atoms with Crippen LogP contribution < -0.4 is 5.32 Å². The SMILES string of the molecule is Clc1ccc(C2CNc3ccccc3C2)cc1. The molecule has 1 N–H and O–H groups in total. The first kappa shape index (κ1) is 10.7. The number of hydrogen-bond acceptors (Lipinski definition) is 1. The van der Waals surface area contributed by atoms with Crippen molar-refractivity contribution in [2.45, 2.75) is 12.3 Å². The number of fused-ring (bicyclic) bond motifs is 1. The standard InChI is InChI=1S/C15H14ClN/c16-14-7-5-11(6-8-14)13-9-12-3-1-2-4-15(12)17-10-13/h1-8,13,17H,9-10H2. The molecule has 1 nitrogen and oxygen atoms in total. The molecular weight excluding hydrogens is 230 g/mol. The Morgan fingerprint density at radius 3 is 2.59 bits per heavy atom. The van der Waals surface area contributed by atoms with Crippen LogP contribution in [-0.2, 0) is 6.42 Å². The zero-order chi connectivity index (χ0) is 11.7. The van der Waals surface area contributed by atoms with E-state index in [1.807, 2.05) is 12.1 Å². The van der Waals surface area contributed by atoms with Crippen LogP contribution in [0.4, 0.5) is 5.69 Å². The third kappa shape index (κ3) is 2.16. The van der Waals surface area contributed by atoms with Crippen molar-refractivity contribution in [1.29, 1.82) is 0 Å². The van der Waals surface area contributed by atoms with E-state index in [-0.39, 0.29) is 0 Å². The second-order valence-corrected chi connectivity index (χ2v) is 4.93. The highest BCUT2D eigenvalue weighted by Gasteiger charge is 2.18. The molecule has 1 unspecified atom stereocenters. The first-order chi connectivity index (χ1) is 8.33. The molecule has 0 saturated carbocycles. The van der Waals surface area contributed by atoms with Crippen LogP contribution in [0.5, 0.6) is 0 Å². The lowest BCUT2D eigenvalue weighted by atomic mass is 9.88. The maximum absolute atomic E-state index is 5.92. The summed E-state index contributed by atoms with van der Waals surface area (Å²) in [7, 11) is 0. The zero-order valence-electron chi connectivity index (χ0n) is 9.49. The van der Waals surface area contributed by atoms with E-state index in [9.17, 15) is 0 Å². The predicted molar refractivity (Wildman–Crippen MR) is 72.8 cm³/mol. The van der Waals surface area contributed by atoms with Crippen molar-refractivity contribution >= 4 is 17.3 Å². The van der Waals surface area contributed by atoms with Gasteiger partial charge in [0.15, 0.2) is 0 Å². The average Bonchev–Trinajstić information content (AvgIpc) is 2.39. The minimum atomic E-state index is 0.544. The summed E-state index contributed by atoms with van der Waals surface area (Å²) in [6.07, 6.45) is 1.10. The topological polar surface area (TPSA) is 12.0 Å². The summed E-state index contributed by atoms with van der Waals surface area (Å²) in [4.78, 5) is 0. The van der Waals surface area contributed by atoms with Crippen LogP contribution in [0, 0.1) is 0 Å². The Labute approximate surface area is 106 Å². The molecule has 1 aliphatic heterocycles. The van der Waals surface area contributed by atoms with Gasteiger partial charge in [0, 0.05) is 23.2 Å². The molecule has 17 heavy (non-hydrogen) atoms. The van der Waals surface area contributed by atoms with Crippen LogP contribution >= 0.6 is 11.6 Å². The Balaban J connectivity index is 1.86. The number of para-hydroxylation sites is 1. The van der Waals surface area contributed by atoms with E-state index in [1.54, 1.807) is 0 Å². The lowest BCUT2D eigenvalue weighted by Crippen LogP contribution is -2.21. The van der Waals surface area contributed by atoms with Crippen molar-refractivity contribution in [3.8, 4) is 0 Å². The maximum Gasteiger partial charge on any atom is 0.0406 e. The van der Waals surface area contributed by atoms with Crippen molar-refractivity contribution < 1.29 is 0 Å². The molecule has 0 aromatic heterocycles. The zero-order valence-corrected chi connectivity index (χ0v) is 10.2. The van der Waals surface area contributed by atoms with Gasteiger partial charge in [0.2, 0.25) is 0 Å². The fourth-order valence-corrected chi connectivity index (χ4v) is 2.54. The average molecular weight is 244 g/mol. The fraction of sp³-hybridized carbons (Fsp3) is 0.200. The largest absolute Gasteiger partial charge is 0.384 e. The molecule has 0 amide bonds. The minimum Gasteiger partial charge on any atom is -0.384 e. The van der Waals surface area contributed by atoms with E-state index < -0.39 is 0 Å². The molecule has 86 valence electrons. The summed E-state index contributed by atoms with van der Waals surface area (Å²) >= 11 is 5.92. The van der Waals surface area contributed by atoms with Gasteiger partial charge in [-0.25, -0.2) is 0 Å². The van der Waals surface area contributed by atoms with Gasteiger partial charge in [-0.1, -0.05) is 41.9 Å². The molecule has 0 aliphatic carbocycles. The molecule has 2 aromatic carbocycles. The predicted octanol–water partition coefficient (Wildman–Crippen LogP) is 4.09. The van der Waals surface area contributed by atoms with Crippen molar-refractivity contribution in [3.63, 3.8) is 0 Å². The van der Waals surface area contributed by atoms with E-state index >= 15 is 0 Å². The summed E-state index contributed by atoms with van der Waals surface area (Å²) in [5.74, 6) is 0.544. The second kappa shape index (κ2) is 4.42. The van der Waals surface area contributed by atoms with Crippen LogP contribution in [0.2, 0.25) is 5.02 Å². The maximum atomic E-state index is 5.92. The highest BCUT2D eigenvalue weighted by atomic mass is 35.5. The van der Waals surface area contributed by atoms with Gasteiger partial charge in [0.1, 0.15) is 0 Å². The molecular formula is C15H14ClN. The third-order valence-corrected chi connectivity index (χ3v) is 3.62. The van der Waals surface area contributed by atoms with Crippen molar-refractivity contribution in [2.24, 2.45) is 0 Å². The molecule has 0 radical (unpaired) electrons. The number of anilines is 1. The lowest BCUT2D eigenvalue weighted by Gasteiger charge is -2.26. The molecule has 2 aromatic rings. The van der Waals surface area contributed by atoms with E-state index in [0.29, 0.717) is 5.92 Å². The van der Waals surface area contributed by atoms with Gasteiger partial charge in [-0.15, -0.1) is 0 Å². The Hall–Kier alpha value is -1.47. The van der Waals surface area contributed by atoms with Crippen LogP contribution in [0.25, 0.3) is 0 Å². The quantitative estimate of drug-likeness (QED) is 0.796. The smallest absolute Gasteiger partial charge is 0.0406 e. The van der Waals surface area contributed by atoms with E-state index in [0.717, 1.165) is 18.0 Å². The Morgan fingerprint density at radius 2 is 1.76 bits per heavy atom. The Morgan fingerprint density at radius 1 is 1.00 bits per heavy atom. The number of hydrogen-bond donors (Lipinski definition) is 1. The van der Waals surface area contributed by atoms with Gasteiger partial charge >= 0.3 is 0 Å². The van der Waals surface area contributed by atoms with Crippen molar-refractivity contribution in [2.75, 3.05) is 11.9 Å². The summed E-state index contributed by atoms with van der Waals surface area (Å²) < 4.78 is 0. The van der Waals surface area contributed by atoms with Crippen LogP contribution in [-0.4, -0.2) is 6.54 Å². The van der Waals surface area contributed by atoms with Gasteiger partial charge < -0.3 is 5.32 Å². The van der Waals surface area contributed by atoms with Crippen molar-refractivity contribution in [1.82, 2.24) is 0 Å². The molecule has 1 aliphatic rings. The molecule has 0 saturated heterocycles. The van der Waals surface area contributed by atoms with Crippen LogP contribution in [0.15, 0.2) is 48.5 Å². The monoisotopic (exact) mass is 243 g/mol. The van der Waals surface area contributed by atoms with Gasteiger partial charge in [0.25, 0.3) is 0 Å². The summed E-state index contributed by atoms with van der Waals surface area (Å²) in [5, 5.41) is 4.30. The number of halogens is 1. The molecule has 1 atom stereocenters. The fourth-order valence-electron chi connectivity index (χ4n) is 2.41. The Bertz CT molecular complexity index is 519. The van der Waals surface area contributed by atoms with Crippen LogP contribution in [0.1, 0.15) is 17.0 Å². The van der Waals surface area contributed by atoms with Gasteiger partial charge in [-0.05, 0) is 35.7 Å². The third-order valence-electron chi connectivity index (χ3n) is 3.36. The molecule has 0 spiro atoms. The first-order valence-corrected chi connectivity index (χ1v) is 6.28. The summed E-state index contributed by atoms with van der Waals surface area (Å²) in [6.45, 7) is 0.999. The second-order valence-electron chi connectivity index (χ2n) is 4.49. The molecule has 0 bridgehead atoms. The van der Waals surface area contributed by atoms with Crippen LogP contribution in [0.3, 0.4) is 0 Å². The highest BCUT2D eigenvalue weighted by molar-refractivity contribution is 6.30. The normalized spacial score (nSPS) is 18.3. The Kier molecular flexibility index (Phi) is 2.77. The molecule has 3 rings (SSSR count). The number of nitrogens with one attached hydrogen (secondary N) is 1. The highest BCUT2D eigenvalue weighted by Crippen LogP contribution is 2.30. The minimum absolute atomic E-state index is 0.544. The summed E-state index contributed by atoms with van der Waals surface area (Å²) in [5.41, 5.74) is 4.04. The van der Waals surface area contributed by atoms with E-state index in [2.05, 4.69) is 41.7 Å². The van der Waals surface area contributed by atoms with Gasteiger partial charge in [-0.2, -0.15) is 0 Å². The molecule has 1 heterocycles. The molecule has 0 fully saturated rings. The lowest BCUT2D eigenvalue weighted by molar-refractivity contribution is 0.695. The van der Waals surface area contributed by atoms with Crippen molar-refractivity contribution in [3.05, 3.63) is 64.7 Å². The van der Waals surface area contributed by atoms with Gasteiger partial charge in [-0.3, -0.25) is 0 Å². The van der Waals surface area contributed by atoms with Gasteiger partial charge in [0.05, 0.1) is 0 Å². The number of rotatable bonds is 1.